The van der Waals surface area contributed by atoms with E-state index in [1.54, 1.807) is 18.6 Å². The van der Waals surface area contributed by atoms with Crippen molar-refractivity contribution < 1.29 is 4.92 Å². The summed E-state index contributed by atoms with van der Waals surface area (Å²) in [7, 11) is 0. The summed E-state index contributed by atoms with van der Waals surface area (Å²) in [6.45, 7) is 0.550. The fourth-order valence-electron chi connectivity index (χ4n) is 1.34. The second-order valence-corrected chi connectivity index (χ2v) is 3.76. The molecule has 0 bridgehead atoms. The summed E-state index contributed by atoms with van der Waals surface area (Å²) in [6, 6.07) is 4.51. The van der Waals surface area contributed by atoms with Gasteiger partial charge >= 0.3 is 0 Å². The van der Waals surface area contributed by atoms with Crippen molar-refractivity contribution in [1.82, 2.24) is 9.97 Å². The van der Waals surface area contributed by atoms with Crippen LogP contribution in [0.5, 0.6) is 0 Å². The monoisotopic (exact) mass is 252 g/mol. The van der Waals surface area contributed by atoms with Gasteiger partial charge in [-0.3, -0.25) is 10.1 Å². The van der Waals surface area contributed by atoms with Crippen LogP contribution in [0.3, 0.4) is 0 Å². The first-order valence-corrected chi connectivity index (χ1v) is 5.19. The van der Waals surface area contributed by atoms with Crippen molar-refractivity contribution in [3.8, 4) is 0 Å². The molecule has 17 heavy (non-hydrogen) atoms. The first-order valence-electron chi connectivity index (χ1n) is 4.82. The van der Waals surface area contributed by atoms with E-state index in [4.69, 9.17) is 11.6 Å². The van der Waals surface area contributed by atoms with Gasteiger partial charge in [0.2, 0.25) is 0 Å². The number of aromatic amines is 1. The number of hydrogen-bond acceptors (Lipinski definition) is 4. The Bertz CT molecular complexity index is 527. The molecule has 0 aliphatic carbocycles. The number of H-pyrrole nitrogens is 1. The summed E-state index contributed by atoms with van der Waals surface area (Å²) in [4.78, 5) is 16.9. The molecule has 2 N–H and O–H groups in total. The lowest BCUT2D eigenvalue weighted by molar-refractivity contribution is -0.384. The zero-order valence-electron chi connectivity index (χ0n) is 8.68. The van der Waals surface area contributed by atoms with E-state index in [1.807, 2.05) is 0 Å². The predicted octanol–water partition coefficient (Wildman–Crippen LogP) is 2.58. The zero-order valence-corrected chi connectivity index (χ0v) is 9.44. The number of anilines is 1. The largest absolute Gasteiger partial charge is 0.379 e. The van der Waals surface area contributed by atoms with Crippen LogP contribution >= 0.6 is 11.6 Å². The summed E-state index contributed by atoms with van der Waals surface area (Å²) in [5.74, 6) is 0. The van der Waals surface area contributed by atoms with E-state index in [9.17, 15) is 10.1 Å². The van der Waals surface area contributed by atoms with E-state index in [-0.39, 0.29) is 10.7 Å². The number of nitrogens with one attached hydrogen (secondary N) is 2. The summed E-state index contributed by atoms with van der Waals surface area (Å²) >= 11 is 5.78. The highest BCUT2D eigenvalue weighted by molar-refractivity contribution is 6.32. The van der Waals surface area contributed by atoms with Crippen LogP contribution in [-0.4, -0.2) is 14.9 Å². The van der Waals surface area contributed by atoms with E-state index in [2.05, 4.69) is 15.3 Å². The number of hydrogen-bond donors (Lipinski definition) is 2. The predicted molar refractivity (Wildman–Crippen MR) is 64.0 cm³/mol. The molecular formula is C10H9ClN4O2. The maximum atomic E-state index is 10.6. The fraction of sp³-hybridized carbons (Fsp3) is 0.100. The first-order chi connectivity index (χ1) is 8.16. The van der Waals surface area contributed by atoms with Crippen LogP contribution in [0, 0.1) is 10.1 Å². The lowest BCUT2D eigenvalue weighted by Crippen LogP contribution is -2.00. The van der Waals surface area contributed by atoms with Crippen LogP contribution < -0.4 is 5.32 Å². The number of nitro benzene ring substituents is 1. The van der Waals surface area contributed by atoms with E-state index in [0.717, 1.165) is 11.4 Å². The van der Waals surface area contributed by atoms with Crippen LogP contribution in [0.25, 0.3) is 0 Å². The van der Waals surface area contributed by atoms with Gasteiger partial charge in [0.25, 0.3) is 5.69 Å². The Hall–Kier alpha value is -2.08. The molecule has 1 heterocycles. The minimum atomic E-state index is -0.513. The van der Waals surface area contributed by atoms with Gasteiger partial charge in [-0.15, -0.1) is 0 Å². The number of nitrogens with zero attached hydrogens (tertiary/aromatic N) is 2. The van der Waals surface area contributed by atoms with Crippen molar-refractivity contribution >= 4 is 23.0 Å². The Labute approximate surface area is 102 Å². The van der Waals surface area contributed by atoms with Gasteiger partial charge < -0.3 is 10.3 Å². The molecule has 0 radical (unpaired) electrons. The van der Waals surface area contributed by atoms with Gasteiger partial charge in [-0.1, -0.05) is 11.6 Å². The van der Waals surface area contributed by atoms with Crippen molar-refractivity contribution in [2.75, 3.05) is 5.32 Å². The maximum Gasteiger partial charge on any atom is 0.288 e. The number of aromatic nitrogens is 2. The third-order valence-electron chi connectivity index (χ3n) is 2.18. The minimum Gasteiger partial charge on any atom is -0.379 e. The van der Waals surface area contributed by atoms with E-state index < -0.39 is 4.92 Å². The highest BCUT2D eigenvalue weighted by Crippen LogP contribution is 2.27. The van der Waals surface area contributed by atoms with Gasteiger partial charge in [0, 0.05) is 18.0 Å². The van der Waals surface area contributed by atoms with Crippen LogP contribution in [-0.2, 0) is 6.54 Å². The second kappa shape index (κ2) is 4.84. The van der Waals surface area contributed by atoms with Gasteiger partial charge in [0.05, 0.1) is 23.5 Å². The smallest absolute Gasteiger partial charge is 0.288 e. The molecule has 6 nitrogen and oxygen atoms in total. The Morgan fingerprint density at radius 1 is 1.53 bits per heavy atom. The topological polar surface area (TPSA) is 83.8 Å². The molecule has 0 spiro atoms. The number of benzene rings is 1. The van der Waals surface area contributed by atoms with Gasteiger partial charge in [-0.2, -0.15) is 0 Å². The van der Waals surface area contributed by atoms with Gasteiger partial charge in [-0.25, -0.2) is 4.98 Å². The number of imidazole rings is 1. The number of rotatable bonds is 4. The maximum absolute atomic E-state index is 10.6. The Kier molecular flexibility index (Phi) is 3.24. The molecular weight excluding hydrogens is 244 g/mol. The first kappa shape index (κ1) is 11.4. The van der Waals surface area contributed by atoms with Crippen molar-refractivity contribution in [1.29, 1.82) is 0 Å². The highest BCUT2D eigenvalue weighted by atomic mass is 35.5. The van der Waals surface area contributed by atoms with Gasteiger partial charge in [0.1, 0.15) is 5.02 Å². The average Bonchev–Trinajstić information content (AvgIpc) is 2.78. The summed E-state index contributed by atoms with van der Waals surface area (Å²) in [5.41, 5.74) is 1.54. The summed E-state index contributed by atoms with van der Waals surface area (Å²) in [6.07, 6.45) is 3.28. The van der Waals surface area contributed by atoms with E-state index in [1.165, 1.54) is 12.1 Å². The lowest BCUT2D eigenvalue weighted by Gasteiger charge is -2.05. The van der Waals surface area contributed by atoms with Crippen LogP contribution in [0.1, 0.15) is 5.69 Å². The second-order valence-electron chi connectivity index (χ2n) is 3.35. The molecule has 0 amide bonds. The SMILES string of the molecule is O=[N+]([O-])c1ccc(NCc2cnc[nH]2)cc1Cl. The molecule has 2 rings (SSSR count). The number of nitro groups is 1. The molecule has 0 unspecified atom stereocenters. The average molecular weight is 253 g/mol. The Morgan fingerprint density at radius 2 is 2.35 bits per heavy atom. The van der Waals surface area contributed by atoms with Crippen LogP contribution in [0.4, 0.5) is 11.4 Å². The van der Waals surface area contributed by atoms with Crippen molar-refractivity contribution in [3.05, 3.63) is 51.6 Å². The quantitative estimate of drug-likeness (QED) is 0.647. The molecule has 0 saturated heterocycles. The highest BCUT2D eigenvalue weighted by Gasteiger charge is 2.11. The summed E-state index contributed by atoms with van der Waals surface area (Å²) in [5, 5.41) is 13.8. The van der Waals surface area contributed by atoms with Crippen molar-refractivity contribution in [2.24, 2.45) is 0 Å². The molecule has 2 aromatic rings. The minimum absolute atomic E-state index is 0.0984. The molecule has 0 fully saturated rings. The molecule has 1 aromatic carbocycles. The van der Waals surface area contributed by atoms with Crippen molar-refractivity contribution in [2.45, 2.75) is 6.54 Å². The van der Waals surface area contributed by atoms with Gasteiger partial charge in [-0.05, 0) is 12.1 Å². The fourth-order valence-corrected chi connectivity index (χ4v) is 1.59. The third-order valence-corrected chi connectivity index (χ3v) is 2.48. The summed E-state index contributed by atoms with van der Waals surface area (Å²) < 4.78 is 0. The molecule has 0 aliphatic rings. The van der Waals surface area contributed by atoms with E-state index >= 15 is 0 Å². The molecule has 0 aliphatic heterocycles. The van der Waals surface area contributed by atoms with E-state index in [0.29, 0.717) is 6.54 Å². The molecule has 1 aromatic heterocycles. The number of halogens is 1. The molecule has 88 valence electrons. The van der Waals surface area contributed by atoms with Crippen LogP contribution in [0.2, 0.25) is 5.02 Å². The standard InChI is InChI=1S/C10H9ClN4O2/c11-9-3-7(1-2-10(9)15(16)17)13-5-8-4-12-6-14-8/h1-4,6,13H,5H2,(H,12,14). The zero-order chi connectivity index (χ0) is 12.3. The molecule has 0 atom stereocenters. The Balaban J connectivity index is 2.07. The third kappa shape index (κ3) is 2.73. The Morgan fingerprint density at radius 3 is 2.94 bits per heavy atom. The molecule has 0 saturated carbocycles. The van der Waals surface area contributed by atoms with Crippen molar-refractivity contribution in [3.63, 3.8) is 0 Å². The van der Waals surface area contributed by atoms with Gasteiger partial charge in [0.15, 0.2) is 0 Å². The van der Waals surface area contributed by atoms with Crippen LogP contribution in [0.15, 0.2) is 30.7 Å². The lowest BCUT2D eigenvalue weighted by atomic mass is 10.3. The molecule has 7 heteroatoms. The normalized spacial score (nSPS) is 10.2.